The highest BCUT2D eigenvalue weighted by atomic mass is 35.5. The van der Waals surface area contributed by atoms with E-state index in [1.165, 1.54) is 6.07 Å². The third-order valence-electron chi connectivity index (χ3n) is 4.42. The predicted octanol–water partition coefficient (Wildman–Crippen LogP) is 3.91. The first-order valence-electron chi connectivity index (χ1n) is 8.73. The molecule has 2 amide bonds. The maximum atomic E-state index is 13.4. The fourth-order valence-electron chi connectivity index (χ4n) is 3.03. The Kier molecular flexibility index (Phi) is 6.66. The number of nitrogens with one attached hydrogen (secondary N) is 1. The van der Waals surface area contributed by atoms with E-state index in [-0.39, 0.29) is 17.2 Å². The number of methoxy groups -OCH3 is 1. The molecule has 1 aliphatic heterocycles. The summed E-state index contributed by atoms with van der Waals surface area (Å²) in [6.45, 7) is 2.27. The lowest BCUT2D eigenvalue weighted by molar-refractivity contribution is -0.0155. The van der Waals surface area contributed by atoms with Gasteiger partial charge in [-0.25, -0.2) is 9.18 Å². The first-order valence-corrected chi connectivity index (χ1v) is 9.10. The minimum Gasteiger partial charge on any atom is -0.380 e. The van der Waals surface area contributed by atoms with Crippen molar-refractivity contribution in [3.8, 4) is 0 Å². The van der Waals surface area contributed by atoms with Crippen molar-refractivity contribution < 1.29 is 18.7 Å². The molecule has 0 spiro atoms. The predicted molar refractivity (Wildman–Crippen MR) is 101 cm³/mol. The van der Waals surface area contributed by atoms with Crippen LogP contribution in [0.2, 0.25) is 5.02 Å². The van der Waals surface area contributed by atoms with Crippen LogP contribution in [0.1, 0.15) is 22.8 Å². The Morgan fingerprint density at radius 1 is 1.33 bits per heavy atom. The summed E-state index contributed by atoms with van der Waals surface area (Å²) in [5.41, 5.74) is 2.82. The van der Waals surface area contributed by atoms with Gasteiger partial charge in [-0.15, -0.1) is 0 Å². The molecule has 0 aliphatic carbocycles. The molecule has 5 nitrogen and oxygen atoms in total. The second-order valence-corrected chi connectivity index (χ2v) is 6.80. The van der Waals surface area contributed by atoms with E-state index in [0.29, 0.717) is 32.8 Å². The lowest BCUT2D eigenvalue weighted by atomic mass is 10.1. The van der Waals surface area contributed by atoms with Crippen LogP contribution in [-0.4, -0.2) is 37.7 Å². The Labute approximate surface area is 163 Å². The molecule has 0 radical (unpaired) electrons. The third-order valence-corrected chi connectivity index (χ3v) is 4.70. The van der Waals surface area contributed by atoms with Gasteiger partial charge >= 0.3 is 6.03 Å². The van der Waals surface area contributed by atoms with Gasteiger partial charge in [-0.2, -0.15) is 0 Å². The minimum atomic E-state index is -0.471. The maximum absolute atomic E-state index is 13.4. The first-order chi connectivity index (χ1) is 13.1. The molecule has 0 saturated carbocycles. The second kappa shape index (κ2) is 9.17. The number of hydrogen-bond donors (Lipinski definition) is 1. The zero-order valence-electron chi connectivity index (χ0n) is 15.1. The highest BCUT2D eigenvalue weighted by Gasteiger charge is 2.25. The van der Waals surface area contributed by atoms with Gasteiger partial charge in [-0.1, -0.05) is 41.9 Å². The van der Waals surface area contributed by atoms with E-state index in [1.807, 2.05) is 24.3 Å². The molecule has 1 N–H and O–H groups in total. The fourth-order valence-corrected chi connectivity index (χ4v) is 3.22. The van der Waals surface area contributed by atoms with E-state index in [0.717, 1.165) is 16.7 Å². The average Bonchev–Trinajstić information content (AvgIpc) is 2.69. The lowest BCUT2D eigenvalue weighted by Gasteiger charge is -2.33. The summed E-state index contributed by atoms with van der Waals surface area (Å²) in [5.74, 6) is -0.471. The molecular formula is C20H22ClFN2O3. The molecule has 27 heavy (non-hydrogen) atoms. The van der Waals surface area contributed by atoms with Crippen molar-refractivity contribution >= 4 is 17.6 Å². The largest absolute Gasteiger partial charge is 0.380 e. The highest BCUT2D eigenvalue weighted by molar-refractivity contribution is 6.30. The number of carbonyl (C=O) groups is 1. The highest BCUT2D eigenvalue weighted by Crippen LogP contribution is 2.26. The van der Waals surface area contributed by atoms with Crippen molar-refractivity contribution in [1.82, 2.24) is 10.2 Å². The number of nitrogens with zero attached hydrogens (tertiary/aromatic N) is 1. The van der Waals surface area contributed by atoms with Gasteiger partial charge in [0.2, 0.25) is 0 Å². The number of urea groups is 1. The molecule has 1 aliphatic rings. The number of benzene rings is 2. The van der Waals surface area contributed by atoms with E-state index >= 15 is 0 Å². The van der Waals surface area contributed by atoms with Gasteiger partial charge < -0.3 is 19.7 Å². The number of hydrogen-bond acceptors (Lipinski definition) is 3. The third kappa shape index (κ3) is 5.19. The molecule has 1 saturated heterocycles. The van der Waals surface area contributed by atoms with Crippen LogP contribution in [0.4, 0.5) is 9.18 Å². The van der Waals surface area contributed by atoms with Crippen molar-refractivity contribution in [2.75, 3.05) is 26.8 Å². The summed E-state index contributed by atoms with van der Waals surface area (Å²) in [5, 5.41) is 2.98. The van der Waals surface area contributed by atoms with E-state index in [2.05, 4.69) is 5.32 Å². The van der Waals surface area contributed by atoms with Crippen LogP contribution in [-0.2, 0) is 22.6 Å². The van der Waals surface area contributed by atoms with Crippen LogP contribution in [0.3, 0.4) is 0 Å². The summed E-state index contributed by atoms with van der Waals surface area (Å²) >= 11 is 5.85. The van der Waals surface area contributed by atoms with Gasteiger partial charge in [0.1, 0.15) is 11.9 Å². The van der Waals surface area contributed by atoms with Crippen LogP contribution in [0.25, 0.3) is 0 Å². The van der Waals surface area contributed by atoms with Gasteiger partial charge in [0.05, 0.1) is 24.8 Å². The average molecular weight is 393 g/mol. The second-order valence-electron chi connectivity index (χ2n) is 6.39. The van der Waals surface area contributed by atoms with Gasteiger partial charge in [0.25, 0.3) is 0 Å². The van der Waals surface area contributed by atoms with E-state index in [4.69, 9.17) is 21.1 Å². The summed E-state index contributed by atoms with van der Waals surface area (Å²) in [6.07, 6.45) is -0.326. The number of rotatable bonds is 5. The smallest absolute Gasteiger partial charge is 0.317 e. The van der Waals surface area contributed by atoms with Gasteiger partial charge in [0, 0.05) is 20.2 Å². The molecule has 144 valence electrons. The molecule has 2 aromatic rings. The van der Waals surface area contributed by atoms with Crippen molar-refractivity contribution in [2.24, 2.45) is 0 Å². The Bertz CT molecular complexity index is 803. The maximum Gasteiger partial charge on any atom is 0.317 e. The number of morpholine rings is 1. The van der Waals surface area contributed by atoms with Crippen LogP contribution in [0.5, 0.6) is 0 Å². The van der Waals surface area contributed by atoms with Gasteiger partial charge in [-0.3, -0.25) is 0 Å². The molecule has 1 heterocycles. The molecule has 3 rings (SSSR count). The van der Waals surface area contributed by atoms with Crippen molar-refractivity contribution in [1.29, 1.82) is 0 Å². The first kappa shape index (κ1) is 19.6. The van der Waals surface area contributed by atoms with E-state index in [9.17, 15) is 9.18 Å². The zero-order chi connectivity index (χ0) is 19.2. The standard InChI is InChI=1S/C20H22ClFN2O3/c1-26-13-15-4-2-3-14(9-15)11-23-20(25)24-7-8-27-19(12-24)16-5-6-18(22)17(21)10-16/h2-6,9-10,19H,7-8,11-13H2,1H3,(H,23,25)/t19-/m1/s1. The molecule has 1 fully saturated rings. The molecule has 1 atom stereocenters. The van der Waals surface area contributed by atoms with Gasteiger partial charge in [-0.05, 0) is 28.8 Å². The summed E-state index contributed by atoms with van der Waals surface area (Å²) in [7, 11) is 1.65. The minimum absolute atomic E-state index is 0.0496. The molecule has 7 heteroatoms. The normalized spacial score (nSPS) is 17.0. The van der Waals surface area contributed by atoms with Gasteiger partial charge in [0.15, 0.2) is 0 Å². The molecule has 2 aromatic carbocycles. The summed E-state index contributed by atoms with van der Waals surface area (Å²) < 4.78 is 24.2. The van der Waals surface area contributed by atoms with Crippen LogP contribution in [0.15, 0.2) is 42.5 Å². The number of amides is 2. The summed E-state index contributed by atoms with van der Waals surface area (Å²) in [6, 6.07) is 12.2. The zero-order valence-corrected chi connectivity index (χ0v) is 15.8. The summed E-state index contributed by atoms with van der Waals surface area (Å²) in [4.78, 5) is 14.2. The number of ether oxygens (including phenoxy) is 2. The number of halogens is 2. The SMILES string of the molecule is COCc1cccc(CNC(=O)N2CCO[C@@H](c3ccc(F)c(Cl)c3)C2)c1. The lowest BCUT2D eigenvalue weighted by Crippen LogP contribution is -2.46. The molecule has 0 unspecified atom stereocenters. The monoisotopic (exact) mass is 392 g/mol. The topological polar surface area (TPSA) is 50.8 Å². The Balaban J connectivity index is 1.58. The Morgan fingerprint density at radius 3 is 2.93 bits per heavy atom. The van der Waals surface area contributed by atoms with Crippen LogP contribution >= 0.6 is 11.6 Å². The van der Waals surface area contributed by atoms with Crippen LogP contribution < -0.4 is 5.32 Å². The van der Waals surface area contributed by atoms with Crippen molar-refractivity contribution in [2.45, 2.75) is 19.3 Å². The quantitative estimate of drug-likeness (QED) is 0.839. The van der Waals surface area contributed by atoms with E-state index in [1.54, 1.807) is 24.1 Å². The molecule has 0 bridgehead atoms. The Morgan fingerprint density at radius 2 is 2.15 bits per heavy atom. The van der Waals surface area contributed by atoms with E-state index < -0.39 is 5.82 Å². The fraction of sp³-hybridized carbons (Fsp3) is 0.350. The van der Waals surface area contributed by atoms with Crippen LogP contribution in [0, 0.1) is 5.82 Å². The van der Waals surface area contributed by atoms with Crippen molar-refractivity contribution in [3.63, 3.8) is 0 Å². The van der Waals surface area contributed by atoms with Crippen molar-refractivity contribution in [3.05, 3.63) is 70.0 Å². The number of carbonyl (C=O) groups excluding carboxylic acids is 1. The Hall–Kier alpha value is -2.15. The molecule has 0 aromatic heterocycles. The molecular weight excluding hydrogens is 371 g/mol.